The van der Waals surface area contributed by atoms with E-state index in [1.807, 2.05) is 25.2 Å². The molecule has 0 aromatic heterocycles. The topological polar surface area (TPSA) is 12.0 Å². The summed E-state index contributed by atoms with van der Waals surface area (Å²) < 4.78 is 0. The molecular weight excluding hydrogens is 277 g/mol. The van der Waals surface area contributed by atoms with Gasteiger partial charge in [-0.25, -0.2) is 0 Å². The smallest absolute Gasteiger partial charge is 0.0699 e. The van der Waals surface area contributed by atoms with E-state index >= 15 is 0 Å². The van der Waals surface area contributed by atoms with Crippen molar-refractivity contribution in [1.82, 2.24) is 5.32 Å². The summed E-state index contributed by atoms with van der Waals surface area (Å²) in [5.74, 6) is 0.825. The maximum Gasteiger partial charge on any atom is 0.0699 e. The molecule has 23 heavy (non-hydrogen) atoms. The lowest BCUT2D eigenvalue weighted by Crippen LogP contribution is -2.19. The summed E-state index contributed by atoms with van der Waals surface area (Å²) in [5.41, 5.74) is 3.14. The monoisotopic (exact) mass is 307 g/mol. The number of hydrogen-bond donors (Lipinski definition) is 1. The molecule has 1 rings (SSSR count). The van der Waals surface area contributed by atoms with Crippen molar-refractivity contribution in [3.05, 3.63) is 73.2 Å². The van der Waals surface area contributed by atoms with Crippen molar-refractivity contribution < 1.29 is 0 Å². The fourth-order valence-corrected chi connectivity index (χ4v) is 2.93. The molecule has 2 unspecified atom stereocenters. The first-order chi connectivity index (χ1) is 11.1. The Bertz CT molecular complexity index is 496. The molecule has 2 radical (unpaired) electrons. The lowest BCUT2D eigenvalue weighted by molar-refractivity contribution is 0.422. The van der Waals surface area contributed by atoms with Gasteiger partial charge in [0.15, 0.2) is 0 Å². The van der Waals surface area contributed by atoms with Crippen molar-refractivity contribution in [3.8, 4) is 0 Å². The summed E-state index contributed by atoms with van der Waals surface area (Å²) in [4.78, 5) is 0. The quantitative estimate of drug-likeness (QED) is 0.464. The van der Waals surface area contributed by atoms with Crippen LogP contribution in [0.15, 0.2) is 73.2 Å². The van der Waals surface area contributed by atoms with Gasteiger partial charge < -0.3 is 5.32 Å². The second kappa shape index (κ2) is 10.9. The third kappa shape index (κ3) is 6.94. The molecule has 0 aromatic rings. The standard InChI is InChI=1S/C21H30BN/c1-5-8-14-21(23-20(7-3)11-6-2)17(4)18-12-9-10-13-19(22)16-15-18/h5-8,11,14,18-19,23H,2-4,9-10,12-13,15-16H2,1H3/b8-5-,20-11+,21-14+. The highest BCUT2D eigenvalue weighted by atomic mass is 14.9. The molecule has 0 aromatic carbocycles. The molecule has 1 aliphatic carbocycles. The zero-order valence-electron chi connectivity index (χ0n) is 14.6. The largest absolute Gasteiger partial charge is 0.355 e. The van der Waals surface area contributed by atoms with Gasteiger partial charge in [0, 0.05) is 11.4 Å². The third-order valence-electron chi connectivity index (χ3n) is 4.35. The molecule has 1 N–H and O–H groups in total. The minimum atomic E-state index is 0.339. The van der Waals surface area contributed by atoms with E-state index < -0.39 is 0 Å². The summed E-state index contributed by atoms with van der Waals surface area (Å²) in [6.07, 6.45) is 18.6. The van der Waals surface area contributed by atoms with Crippen LogP contribution in [0.25, 0.3) is 0 Å². The minimum absolute atomic E-state index is 0.339. The first-order valence-corrected chi connectivity index (χ1v) is 8.62. The Kier molecular flexibility index (Phi) is 9.20. The van der Waals surface area contributed by atoms with Gasteiger partial charge in [-0.3, -0.25) is 0 Å². The Morgan fingerprint density at radius 2 is 1.83 bits per heavy atom. The maximum atomic E-state index is 6.16. The fraction of sp³-hybridized carbons (Fsp3) is 0.429. The van der Waals surface area contributed by atoms with Crippen LogP contribution in [-0.2, 0) is 0 Å². The summed E-state index contributed by atoms with van der Waals surface area (Å²) in [6.45, 7) is 14.0. The van der Waals surface area contributed by atoms with Gasteiger partial charge in [-0.1, -0.05) is 69.5 Å². The normalized spacial score (nSPS) is 23.9. The summed E-state index contributed by atoms with van der Waals surface area (Å²) in [6, 6.07) is 0. The van der Waals surface area contributed by atoms with Gasteiger partial charge in [0.2, 0.25) is 0 Å². The van der Waals surface area contributed by atoms with Gasteiger partial charge in [-0.2, -0.15) is 0 Å². The molecule has 1 aliphatic rings. The molecule has 0 saturated heterocycles. The lowest BCUT2D eigenvalue weighted by Gasteiger charge is -2.26. The van der Waals surface area contributed by atoms with Crippen molar-refractivity contribution in [3.63, 3.8) is 0 Å². The van der Waals surface area contributed by atoms with Crippen LogP contribution >= 0.6 is 0 Å². The van der Waals surface area contributed by atoms with Crippen LogP contribution in [-0.4, -0.2) is 7.85 Å². The molecule has 0 heterocycles. The molecule has 2 atom stereocenters. The Balaban J connectivity index is 2.91. The van der Waals surface area contributed by atoms with Gasteiger partial charge in [-0.15, -0.1) is 0 Å². The van der Waals surface area contributed by atoms with E-state index in [0.29, 0.717) is 11.7 Å². The third-order valence-corrected chi connectivity index (χ3v) is 4.35. The average molecular weight is 307 g/mol. The molecule has 122 valence electrons. The van der Waals surface area contributed by atoms with Crippen LogP contribution in [0, 0.1) is 5.92 Å². The van der Waals surface area contributed by atoms with Crippen LogP contribution < -0.4 is 5.32 Å². The van der Waals surface area contributed by atoms with E-state index in [1.165, 1.54) is 19.3 Å². The van der Waals surface area contributed by atoms with Crippen molar-refractivity contribution in [2.24, 2.45) is 5.92 Å². The lowest BCUT2D eigenvalue weighted by atomic mass is 9.73. The predicted molar refractivity (Wildman–Crippen MR) is 104 cm³/mol. The first-order valence-electron chi connectivity index (χ1n) is 8.62. The van der Waals surface area contributed by atoms with Crippen LogP contribution in [0.2, 0.25) is 5.82 Å². The number of nitrogens with one attached hydrogen (secondary N) is 1. The van der Waals surface area contributed by atoms with E-state index in [1.54, 1.807) is 12.2 Å². The van der Waals surface area contributed by atoms with E-state index in [4.69, 9.17) is 7.85 Å². The molecular formula is C21H30BN. The van der Waals surface area contributed by atoms with Gasteiger partial charge in [0.1, 0.15) is 0 Å². The highest BCUT2D eigenvalue weighted by Gasteiger charge is 2.19. The molecule has 1 fully saturated rings. The summed E-state index contributed by atoms with van der Waals surface area (Å²) >= 11 is 0. The molecule has 1 saturated carbocycles. The highest BCUT2D eigenvalue weighted by Crippen LogP contribution is 2.33. The number of rotatable bonds is 7. The van der Waals surface area contributed by atoms with Gasteiger partial charge >= 0.3 is 0 Å². The Hall–Kier alpha value is -1.70. The van der Waals surface area contributed by atoms with E-state index in [0.717, 1.165) is 36.2 Å². The van der Waals surface area contributed by atoms with Gasteiger partial charge in [0.05, 0.1) is 7.85 Å². The zero-order chi connectivity index (χ0) is 17.1. The molecule has 0 spiro atoms. The van der Waals surface area contributed by atoms with Crippen molar-refractivity contribution in [1.29, 1.82) is 0 Å². The Morgan fingerprint density at radius 3 is 2.48 bits per heavy atom. The van der Waals surface area contributed by atoms with Crippen molar-refractivity contribution in [2.45, 2.75) is 51.3 Å². The summed E-state index contributed by atoms with van der Waals surface area (Å²) in [5, 5.41) is 3.43. The number of hydrogen-bond acceptors (Lipinski definition) is 1. The first kappa shape index (κ1) is 19.4. The van der Waals surface area contributed by atoms with Crippen LogP contribution in [0.3, 0.4) is 0 Å². The minimum Gasteiger partial charge on any atom is -0.355 e. The Morgan fingerprint density at radius 1 is 1.09 bits per heavy atom. The Labute approximate surface area is 144 Å². The molecule has 0 amide bonds. The van der Waals surface area contributed by atoms with Gasteiger partial charge in [0.25, 0.3) is 0 Å². The number of allylic oxidation sites excluding steroid dienone is 7. The van der Waals surface area contributed by atoms with Crippen LogP contribution in [0.1, 0.15) is 45.4 Å². The average Bonchev–Trinajstić information content (AvgIpc) is 2.53. The molecule has 0 aliphatic heterocycles. The summed E-state index contributed by atoms with van der Waals surface area (Å²) in [7, 11) is 6.16. The SMILES string of the molecule is [B]C1CCCCC(C(=C)/C(=C\C=C/C)N/C(C=C)=C/C=C)CC1. The predicted octanol–water partition coefficient (Wildman–Crippen LogP) is 5.78. The highest BCUT2D eigenvalue weighted by molar-refractivity contribution is 6.11. The maximum absolute atomic E-state index is 6.16. The second-order valence-electron chi connectivity index (χ2n) is 6.14. The second-order valence-corrected chi connectivity index (χ2v) is 6.14. The zero-order valence-corrected chi connectivity index (χ0v) is 14.6. The van der Waals surface area contributed by atoms with E-state index in [-0.39, 0.29) is 0 Å². The van der Waals surface area contributed by atoms with Crippen LogP contribution in [0.5, 0.6) is 0 Å². The molecule has 1 nitrogen and oxygen atoms in total. The molecule has 2 heteroatoms. The molecule has 0 bridgehead atoms. The van der Waals surface area contributed by atoms with Crippen molar-refractivity contribution >= 4 is 7.85 Å². The fourth-order valence-electron chi connectivity index (χ4n) is 2.93. The van der Waals surface area contributed by atoms with E-state index in [9.17, 15) is 0 Å². The van der Waals surface area contributed by atoms with E-state index in [2.05, 4.69) is 31.1 Å². The van der Waals surface area contributed by atoms with Gasteiger partial charge in [-0.05, 0) is 49.5 Å². The van der Waals surface area contributed by atoms with Crippen molar-refractivity contribution in [2.75, 3.05) is 0 Å². The van der Waals surface area contributed by atoms with Crippen LogP contribution in [0.4, 0.5) is 0 Å².